The molecule has 0 aromatic carbocycles. The summed E-state index contributed by atoms with van der Waals surface area (Å²) in [5.41, 5.74) is 1.55. The average Bonchev–Trinajstić information content (AvgIpc) is 2.02. The minimum atomic E-state index is 0.496. The topological polar surface area (TPSA) is 39.1 Å². The maximum Gasteiger partial charge on any atom is 0.0385 e. The van der Waals surface area contributed by atoms with Crippen LogP contribution >= 0.6 is 0 Å². The van der Waals surface area contributed by atoms with Crippen molar-refractivity contribution >= 4 is 5.71 Å². The third-order valence-electron chi connectivity index (χ3n) is 1.98. The van der Waals surface area contributed by atoms with Gasteiger partial charge < -0.3 is 10.7 Å². The summed E-state index contributed by atoms with van der Waals surface area (Å²) < 4.78 is 0. The van der Waals surface area contributed by atoms with Crippen molar-refractivity contribution in [3.8, 4) is 0 Å². The Bertz CT molecular complexity index is 229. The first-order chi connectivity index (χ1) is 6.47. The number of rotatable bonds is 6. The highest BCUT2D eigenvalue weighted by molar-refractivity contribution is 5.90. The number of nitrogens with zero attached hydrogens (tertiary/aromatic N) is 1. The summed E-state index contributed by atoms with van der Waals surface area (Å²) in [6.45, 7) is 10.5. The van der Waals surface area contributed by atoms with E-state index in [1.807, 2.05) is 6.08 Å². The fourth-order valence-electron chi connectivity index (χ4n) is 0.977. The Morgan fingerprint density at radius 1 is 1.57 bits per heavy atom. The highest BCUT2D eigenvalue weighted by Crippen LogP contribution is 1.99. The first kappa shape index (κ1) is 12.9. The van der Waals surface area contributed by atoms with Crippen molar-refractivity contribution in [2.75, 3.05) is 13.6 Å². The zero-order valence-corrected chi connectivity index (χ0v) is 9.59. The van der Waals surface area contributed by atoms with Gasteiger partial charge in [-0.15, -0.1) is 0 Å². The molecule has 0 amide bonds. The molecule has 0 bridgehead atoms. The highest BCUT2D eigenvalue weighted by Gasteiger charge is 2.05. The Labute approximate surface area is 87.0 Å². The van der Waals surface area contributed by atoms with Crippen molar-refractivity contribution in [1.82, 2.24) is 10.2 Å². The minimum absolute atomic E-state index is 0.496. The third kappa shape index (κ3) is 5.54. The molecule has 0 radical (unpaired) electrons. The van der Waals surface area contributed by atoms with Crippen LogP contribution in [0.15, 0.2) is 24.6 Å². The lowest BCUT2D eigenvalue weighted by Gasteiger charge is -2.22. The van der Waals surface area contributed by atoms with Gasteiger partial charge in [0.15, 0.2) is 0 Å². The molecule has 0 saturated heterocycles. The number of nitrogens with one attached hydrogen (secondary N) is 2. The van der Waals surface area contributed by atoms with Crippen molar-refractivity contribution in [2.24, 2.45) is 0 Å². The number of allylic oxidation sites excluding steroid dienone is 1. The predicted molar refractivity (Wildman–Crippen MR) is 62.6 cm³/mol. The molecule has 0 atom stereocenters. The molecule has 0 aliphatic rings. The SMILES string of the molecule is C=CN/C(=C\C(C)=N)CN(C)C(C)C. The van der Waals surface area contributed by atoms with Gasteiger partial charge in [-0.2, -0.15) is 0 Å². The molecule has 3 heteroatoms. The van der Waals surface area contributed by atoms with E-state index in [0.717, 1.165) is 12.2 Å². The van der Waals surface area contributed by atoms with Crippen LogP contribution in [-0.2, 0) is 0 Å². The Morgan fingerprint density at radius 2 is 2.14 bits per heavy atom. The fraction of sp³-hybridized carbons (Fsp3) is 0.545. The highest BCUT2D eigenvalue weighted by atomic mass is 15.1. The van der Waals surface area contributed by atoms with Crippen LogP contribution in [0.2, 0.25) is 0 Å². The summed E-state index contributed by atoms with van der Waals surface area (Å²) >= 11 is 0. The minimum Gasteiger partial charge on any atom is -0.364 e. The first-order valence-corrected chi connectivity index (χ1v) is 4.80. The van der Waals surface area contributed by atoms with Gasteiger partial charge >= 0.3 is 0 Å². The van der Waals surface area contributed by atoms with E-state index >= 15 is 0 Å². The van der Waals surface area contributed by atoms with Crippen molar-refractivity contribution in [2.45, 2.75) is 26.8 Å². The molecule has 0 aromatic rings. The molecular weight excluding hydrogens is 174 g/mol. The molecular formula is C11H21N3. The Balaban J connectivity index is 4.37. The van der Waals surface area contributed by atoms with Gasteiger partial charge in [-0.05, 0) is 40.1 Å². The van der Waals surface area contributed by atoms with Gasteiger partial charge in [-0.3, -0.25) is 4.90 Å². The van der Waals surface area contributed by atoms with E-state index in [4.69, 9.17) is 5.41 Å². The van der Waals surface area contributed by atoms with Gasteiger partial charge in [0, 0.05) is 24.0 Å². The largest absolute Gasteiger partial charge is 0.364 e. The van der Waals surface area contributed by atoms with Crippen LogP contribution in [0, 0.1) is 5.41 Å². The van der Waals surface area contributed by atoms with E-state index in [-0.39, 0.29) is 0 Å². The van der Waals surface area contributed by atoms with E-state index in [9.17, 15) is 0 Å². The third-order valence-corrected chi connectivity index (χ3v) is 1.98. The zero-order valence-electron chi connectivity index (χ0n) is 9.59. The van der Waals surface area contributed by atoms with Crippen LogP contribution in [0.25, 0.3) is 0 Å². The molecule has 14 heavy (non-hydrogen) atoms. The quantitative estimate of drug-likeness (QED) is 0.636. The second-order valence-electron chi connectivity index (χ2n) is 3.71. The molecule has 0 rings (SSSR count). The first-order valence-electron chi connectivity index (χ1n) is 4.80. The summed E-state index contributed by atoms with van der Waals surface area (Å²) in [4.78, 5) is 2.20. The van der Waals surface area contributed by atoms with Crippen LogP contribution in [0.4, 0.5) is 0 Å². The van der Waals surface area contributed by atoms with Crippen LogP contribution in [-0.4, -0.2) is 30.2 Å². The lowest BCUT2D eigenvalue weighted by Crippen LogP contribution is -2.31. The summed E-state index contributed by atoms with van der Waals surface area (Å²) in [5.74, 6) is 0. The van der Waals surface area contributed by atoms with E-state index in [1.54, 1.807) is 13.1 Å². The number of hydrogen-bond donors (Lipinski definition) is 2. The van der Waals surface area contributed by atoms with Crippen molar-refractivity contribution < 1.29 is 0 Å². The van der Waals surface area contributed by atoms with Crippen LogP contribution in [0.3, 0.4) is 0 Å². The maximum atomic E-state index is 7.39. The second kappa shape index (κ2) is 6.38. The standard InChI is InChI=1S/C11H21N3/c1-6-13-11(7-10(4)12)8-14(5)9(2)3/h6-7,9,12-13H,1,8H2,2-5H3/b11-7-,12-10?. The van der Waals surface area contributed by atoms with E-state index in [0.29, 0.717) is 11.8 Å². The van der Waals surface area contributed by atoms with Gasteiger partial charge in [0.05, 0.1) is 0 Å². The maximum absolute atomic E-state index is 7.39. The molecule has 0 saturated carbocycles. The lowest BCUT2D eigenvalue weighted by atomic mass is 10.2. The Hall–Kier alpha value is -1.09. The van der Waals surface area contributed by atoms with Crippen LogP contribution in [0.1, 0.15) is 20.8 Å². The van der Waals surface area contributed by atoms with Gasteiger partial charge in [0.2, 0.25) is 0 Å². The predicted octanol–water partition coefficient (Wildman–Crippen LogP) is 1.98. The van der Waals surface area contributed by atoms with Crippen molar-refractivity contribution in [1.29, 1.82) is 5.41 Å². The number of hydrogen-bond acceptors (Lipinski definition) is 3. The van der Waals surface area contributed by atoms with Crippen LogP contribution in [0.5, 0.6) is 0 Å². The summed E-state index contributed by atoms with van der Waals surface area (Å²) in [6.07, 6.45) is 3.46. The van der Waals surface area contributed by atoms with Gasteiger partial charge in [-0.25, -0.2) is 0 Å². The summed E-state index contributed by atoms with van der Waals surface area (Å²) in [6, 6.07) is 0.496. The molecule has 0 unspecified atom stereocenters. The lowest BCUT2D eigenvalue weighted by molar-refractivity contribution is 0.293. The van der Waals surface area contributed by atoms with Crippen molar-refractivity contribution in [3.05, 3.63) is 24.6 Å². The molecule has 80 valence electrons. The molecule has 0 heterocycles. The molecule has 0 spiro atoms. The van der Waals surface area contributed by atoms with Gasteiger partial charge in [0.1, 0.15) is 0 Å². The smallest absolute Gasteiger partial charge is 0.0385 e. The molecule has 0 fully saturated rings. The molecule has 0 aromatic heterocycles. The molecule has 3 nitrogen and oxygen atoms in total. The zero-order chi connectivity index (χ0) is 11.1. The monoisotopic (exact) mass is 195 g/mol. The van der Waals surface area contributed by atoms with E-state index in [1.165, 1.54) is 0 Å². The normalized spacial score (nSPS) is 12.0. The molecule has 2 N–H and O–H groups in total. The van der Waals surface area contributed by atoms with Crippen LogP contribution < -0.4 is 5.32 Å². The molecule has 0 aliphatic heterocycles. The van der Waals surface area contributed by atoms with Gasteiger partial charge in [-0.1, -0.05) is 6.58 Å². The summed E-state index contributed by atoms with van der Waals surface area (Å²) in [7, 11) is 2.06. The second-order valence-corrected chi connectivity index (χ2v) is 3.71. The van der Waals surface area contributed by atoms with Crippen molar-refractivity contribution in [3.63, 3.8) is 0 Å². The van der Waals surface area contributed by atoms with E-state index in [2.05, 4.69) is 37.7 Å². The van der Waals surface area contributed by atoms with Gasteiger partial charge in [0.25, 0.3) is 0 Å². The Kier molecular flexibility index (Phi) is 5.88. The summed E-state index contributed by atoms with van der Waals surface area (Å²) in [5, 5.41) is 10.4. The number of likely N-dealkylation sites (N-methyl/N-ethyl adjacent to an activating group) is 1. The molecule has 0 aliphatic carbocycles. The average molecular weight is 195 g/mol. The van der Waals surface area contributed by atoms with E-state index < -0.39 is 0 Å². The Morgan fingerprint density at radius 3 is 2.50 bits per heavy atom. The fourth-order valence-corrected chi connectivity index (χ4v) is 0.977.